The standard InChI is InChI=1S/C18H23NO3/c1-17(2,3)14-11-18(8-9-19(14)16(21)22)10-12-6-4-5-7-13(12)15(18)20/h4-7,14H,8-11H2,1-3H3,(H,21,22). The van der Waals surface area contributed by atoms with Gasteiger partial charge in [0.15, 0.2) is 5.78 Å². The minimum atomic E-state index is -0.877. The van der Waals surface area contributed by atoms with Gasteiger partial charge in [-0.05, 0) is 30.2 Å². The molecule has 2 atom stereocenters. The molecule has 4 heteroatoms. The normalized spacial score (nSPS) is 28.0. The van der Waals surface area contributed by atoms with Crippen LogP contribution in [0.5, 0.6) is 0 Å². The number of carbonyl (C=O) groups excluding carboxylic acids is 1. The first-order chi connectivity index (χ1) is 10.2. The first kappa shape index (κ1) is 15.1. The van der Waals surface area contributed by atoms with Crippen LogP contribution >= 0.6 is 0 Å². The molecule has 1 aliphatic heterocycles. The van der Waals surface area contributed by atoms with Gasteiger partial charge in [0, 0.05) is 23.6 Å². The largest absolute Gasteiger partial charge is 0.465 e. The Hall–Kier alpha value is -1.84. The van der Waals surface area contributed by atoms with Crippen LogP contribution in [-0.2, 0) is 6.42 Å². The molecule has 1 heterocycles. The number of rotatable bonds is 0. The first-order valence-corrected chi connectivity index (χ1v) is 7.87. The fraction of sp³-hybridized carbons (Fsp3) is 0.556. The van der Waals surface area contributed by atoms with Gasteiger partial charge in [0.25, 0.3) is 0 Å². The number of piperidine rings is 1. The molecule has 0 saturated carbocycles. The number of ketones is 1. The number of fused-ring (bicyclic) bond motifs is 1. The first-order valence-electron chi connectivity index (χ1n) is 7.87. The molecule has 0 radical (unpaired) electrons. The summed E-state index contributed by atoms with van der Waals surface area (Å²) in [6.45, 7) is 6.61. The molecule has 1 amide bonds. The lowest BCUT2D eigenvalue weighted by molar-refractivity contribution is 0.0101. The minimum absolute atomic E-state index is 0.128. The number of likely N-dealkylation sites (tertiary alicyclic amines) is 1. The second-order valence-corrected chi connectivity index (χ2v) is 7.76. The van der Waals surface area contributed by atoms with Crippen LogP contribution in [0.15, 0.2) is 24.3 Å². The third-order valence-electron chi connectivity index (χ3n) is 5.31. The Morgan fingerprint density at radius 2 is 2.00 bits per heavy atom. The van der Waals surface area contributed by atoms with Crippen molar-refractivity contribution < 1.29 is 14.7 Å². The molecule has 1 aromatic rings. The minimum Gasteiger partial charge on any atom is -0.465 e. The Kier molecular flexibility index (Phi) is 3.31. The zero-order chi connectivity index (χ0) is 16.1. The molecule has 22 heavy (non-hydrogen) atoms. The van der Waals surface area contributed by atoms with Gasteiger partial charge in [-0.25, -0.2) is 4.79 Å². The molecule has 3 rings (SSSR count). The van der Waals surface area contributed by atoms with Gasteiger partial charge in [0.1, 0.15) is 0 Å². The number of carbonyl (C=O) groups is 2. The summed E-state index contributed by atoms with van der Waals surface area (Å²) < 4.78 is 0. The van der Waals surface area contributed by atoms with Crippen molar-refractivity contribution in [2.24, 2.45) is 10.8 Å². The SMILES string of the molecule is CC(C)(C)C1CC2(CCN1C(=O)O)Cc1ccccc1C2=O. The molecular formula is C18H23NO3. The molecule has 1 saturated heterocycles. The van der Waals surface area contributed by atoms with Crippen LogP contribution in [0.4, 0.5) is 4.79 Å². The Labute approximate surface area is 131 Å². The topological polar surface area (TPSA) is 57.6 Å². The smallest absolute Gasteiger partial charge is 0.407 e. The number of carboxylic acid groups (broad SMARTS) is 1. The van der Waals surface area contributed by atoms with E-state index < -0.39 is 11.5 Å². The summed E-state index contributed by atoms with van der Waals surface area (Å²) in [7, 11) is 0. The Morgan fingerprint density at radius 1 is 1.32 bits per heavy atom. The molecule has 1 aromatic carbocycles. The molecule has 0 aromatic heterocycles. The van der Waals surface area contributed by atoms with Gasteiger partial charge in [0.2, 0.25) is 0 Å². The zero-order valence-corrected chi connectivity index (χ0v) is 13.4. The maximum absolute atomic E-state index is 13.0. The van der Waals surface area contributed by atoms with E-state index in [0.717, 1.165) is 17.5 Å². The number of hydrogen-bond donors (Lipinski definition) is 1. The number of Topliss-reactive ketones (excluding diaryl/α,β-unsaturated/α-hetero) is 1. The van der Waals surface area contributed by atoms with E-state index in [4.69, 9.17) is 0 Å². The van der Waals surface area contributed by atoms with E-state index in [1.165, 1.54) is 4.90 Å². The average molecular weight is 301 g/mol. The quantitative estimate of drug-likeness (QED) is 0.796. The van der Waals surface area contributed by atoms with E-state index in [0.29, 0.717) is 19.4 Å². The van der Waals surface area contributed by atoms with Crippen molar-refractivity contribution in [3.05, 3.63) is 35.4 Å². The summed E-state index contributed by atoms with van der Waals surface area (Å²) in [4.78, 5) is 26.0. The predicted octanol–water partition coefficient (Wildman–Crippen LogP) is 3.60. The fourth-order valence-corrected chi connectivity index (χ4v) is 4.07. The van der Waals surface area contributed by atoms with Crippen molar-refractivity contribution in [3.63, 3.8) is 0 Å². The van der Waals surface area contributed by atoms with E-state index in [9.17, 15) is 14.7 Å². The summed E-state index contributed by atoms with van der Waals surface area (Å²) in [5, 5.41) is 9.48. The number of hydrogen-bond acceptors (Lipinski definition) is 2. The molecule has 1 fully saturated rings. The van der Waals surface area contributed by atoms with Crippen LogP contribution in [0.3, 0.4) is 0 Å². The lowest BCUT2D eigenvalue weighted by atomic mass is 9.67. The lowest BCUT2D eigenvalue weighted by Gasteiger charge is -2.48. The van der Waals surface area contributed by atoms with Crippen LogP contribution < -0.4 is 0 Å². The Balaban J connectivity index is 1.95. The molecule has 2 aliphatic rings. The van der Waals surface area contributed by atoms with E-state index in [-0.39, 0.29) is 17.2 Å². The van der Waals surface area contributed by atoms with Crippen molar-refractivity contribution in [1.82, 2.24) is 4.90 Å². The van der Waals surface area contributed by atoms with Crippen LogP contribution in [-0.4, -0.2) is 34.5 Å². The Morgan fingerprint density at radius 3 is 2.59 bits per heavy atom. The highest BCUT2D eigenvalue weighted by Gasteiger charge is 2.52. The molecule has 1 spiro atoms. The van der Waals surface area contributed by atoms with E-state index in [1.54, 1.807) is 0 Å². The van der Waals surface area contributed by atoms with Gasteiger partial charge in [-0.2, -0.15) is 0 Å². The summed E-state index contributed by atoms with van der Waals surface area (Å²) in [5.41, 5.74) is 1.36. The lowest BCUT2D eigenvalue weighted by Crippen LogP contribution is -2.56. The van der Waals surface area contributed by atoms with E-state index in [1.807, 2.05) is 24.3 Å². The van der Waals surface area contributed by atoms with Crippen molar-refractivity contribution in [3.8, 4) is 0 Å². The van der Waals surface area contributed by atoms with Gasteiger partial charge in [0.05, 0.1) is 0 Å². The summed E-state index contributed by atoms with van der Waals surface area (Å²) >= 11 is 0. The van der Waals surface area contributed by atoms with Crippen LogP contribution in [0.1, 0.15) is 49.5 Å². The molecule has 4 nitrogen and oxygen atoms in total. The van der Waals surface area contributed by atoms with Crippen molar-refractivity contribution >= 4 is 11.9 Å². The Bertz CT molecular complexity index is 631. The van der Waals surface area contributed by atoms with E-state index in [2.05, 4.69) is 20.8 Å². The summed E-state index contributed by atoms with van der Waals surface area (Å²) in [6.07, 6.45) is 1.12. The van der Waals surface area contributed by atoms with Crippen molar-refractivity contribution in [1.29, 1.82) is 0 Å². The second-order valence-electron chi connectivity index (χ2n) is 7.76. The van der Waals surface area contributed by atoms with Gasteiger partial charge >= 0.3 is 6.09 Å². The summed E-state index contributed by atoms with van der Waals surface area (Å²) in [6, 6.07) is 7.68. The van der Waals surface area contributed by atoms with Gasteiger partial charge < -0.3 is 10.0 Å². The van der Waals surface area contributed by atoms with Gasteiger partial charge in [-0.1, -0.05) is 45.0 Å². The van der Waals surface area contributed by atoms with Crippen LogP contribution in [0.2, 0.25) is 0 Å². The monoisotopic (exact) mass is 301 g/mol. The predicted molar refractivity (Wildman–Crippen MR) is 84.1 cm³/mol. The third-order valence-corrected chi connectivity index (χ3v) is 5.31. The van der Waals surface area contributed by atoms with Gasteiger partial charge in [-0.3, -0.25) is 4.79 Å². The van der Waals surface area contributed by atoms with E-state index >= 15 is 0 Å². The molecule has 1 N–H and O–H groups in total. The average Bonchev–Trinajstić information content (AvgIpc) is 2.71. The van der Waals surface area contributed by atoms with Gasteiger partial charge in [-0.15, -0.1) is 0 Å². The number of nitrogens with zero attached hydrogens (tertiary/aromatic N) is 1. The highest BCUT2D eigenvalue weighted by molar-refractivity contribution is 6.05. The zero-order valence-electron chi connectivity index (χ0n) is 13.4. The van der Waals surface area contributed by atoms with Crippen molar-refractivity contribution in [2.45, 2.75) is 46.1 Å². The highest BCUT2D eigenvalue weighted by atomic mass is 16.4. The molecular weight excluding hydrogens is 278 g/mol. The number of amides is 1. The second kappa shape index (κ2) is 4.83. The maximum Gasteiger partial charge on any atom is 0.407 e. The molecule has 1 aliphatic carbocycles. The highest BCUT2D eigenvalue weighted by Crippen LogP contribution is 2.49. The molecule has 0 bridgehead atoms. The summed E-state index contributed by atoms with van der Waals surface area (Å²) in [5.74, 6) is 0.211. The third kappa shape index (κ3) is 2.21. The van der Waals surface area contributed by atoms with Crippen molar-refractivity contribution in [2.75, 3.05) is 6.54 Å². The van der Waals surface area contributed by atoms with Crippen LogP contribution in [0.25, 0.3) is 0 Å². The molecule has 118 valence electrons. The van der Waals surface area contributed by atoms with Crippen LogP contribution in [0, 0.1) is 10.8 Å². The molecule has 2 unspecified atom stereocenters. The maximum atomic E-state index is 13.0. The fourth-order valence-electron chi connectivity index (χ4n) is 4.07. The number of benzene rings is 1.